The number of hydrogen-bond donors (Lipinski definition) is 3. The van der Waals surface area contributed by atoms with E-state index >= 15 is 0 Å². The summed E-state index contributed by atoms with van der Waals surface area (Å²) in [7, 11) is 0. The lowest BCUT2D eigenvalue weighted by Crippen LogP contribution is -2.49. The van der Waals surface area contributed by atoms with Gasteiger partial charge in [-0.3, -0.25) is 9.59 Å². The fraction of sp³-hybridized carbons (Fsp3) is 0.467. The molecule has 1 aliphatic rings. The van der Waals surface area contributed by atoms with E-state index in [0.29, 0.717) is 12.8 Å². The smallest absolute Gasteiger partial charge is 0.309 e. The van der Waals surface area contributed by atoms with Crippen LogP contribution in [-0.2, 0) is 22.4 Å². The predicted molar refractivity (Wildman–Crippen MR) is 75.1 cm³/mol. The van der Waals surface area contributed by atoms with E-state index in [1.807, 2.05) is 24.3 Å². The zero-order valence-electron chi connectivity index (χ0n) is 11.8. The molecule has 2 rings (SSSR count). The van der Waals surface area contributed by atoms with E-state index in [9.17, 15) is 14.7 Å². The third-order valence-electron chi connectivity index (χ3n) is 3.36. The molecule has 0 spiro atoms. The minimum Gasteiger partial charge on any atom is -0.387 e. The van der Waals surface area contributed by atoms with Gasteiger partial charge < -0.3 is 15.7 Å². The summed E-state index contributed by atoms with van der Waals surface area (Å²) in [5.41, 5.74) is 1.18. The Morgan fingerprint density at radius 2 is 1.75 bits per heavy atom. The Bertz CT molecular complexity index is 501. The van der Waals surface area contributed by atoms with Gasteiger partial charge >= 0.3 is 11.8 Å². The van der Waals surface area contributed by atoms with Crippen LogP contribution in [0, 0.1) is 0 Å². The summed E-state index contributed by atoms with van der Waals surface area (Å²) in [4.78, 5) is 23.1. The second kappa shape index (κ2) is 5.63. The van der Waals surface area contributed by atoms with Crippen molar-refractivity contribution < 1.29 is 14.7 Å². The molecule has 0 bridgehead atoms. The quantitative estimate of drug-likeness (QED) is 0.688. The highest BCUT2D eigenvalue weighted by Gasteiger charge is 2.35. The van der Waals surface area contributed by atoms with E-state index in [0.717, 1.165) is 11.1 Å². The van der Waals surface area contributed by atoms with E-state index in [-0.39, 0.29) is 12.6 Å². The number of aliphatic hydroxyl groups is 1. The SMILES string of the molecule is CC(C)NC(=O)C(=O)NCC1(O)Cc2ccccc2C1. The lowest BCUT2D eigenvalue weighted by Gasteiger charge is -2.22. The van der Waals surface area contributed by atoms with Crippen LogP contribution in [-0.4, -0.2) is 35.1 Å². The van der Waals surface area contributed by atoms with Crippen molar-refractivity contribution >= 4 is 11.8 Å². The molecule has 0 aromatic heterocycles. The van der Waals surface area contributed by atoms with Crippen LogP contribution in [0.5, 0.6) is 0 Å². The van der Waals surface area contributed by atoms with Crippen molar-refractivity contribution in [3.8, 4) is 0 Å². The first-order valence-electron chi connectivity index (χ1n) is 6.77. The molecule has 1 aliphatic carbocycles. The number of amides is 2. The highest BCUT2D eigenvalue weighted by Crippen LogP contribution is 2.29. The van der Waals surface area contributed by atoms with Crippen molar-refractivity contribution in [1.82, 2.24) is 10.6 Å². The molecule has 0 radical (unpaired) electrons. The standard InChI is InChI=1S/C15H20N2O3/c1-10(2)17-14(19)13(18)16-9-15(20)7-11-5-3-4-6-12(11)8-15/h3-6,10,20H,7-9H2,1-2H3,(H,16,18)(H,17,19). The normalized spacial score (nSPS) is 15.8. The van der Waals surface area contributed by atoms with E-state index in [4.69, 9.17) is 0 Å². The molecule has 2 amide bonds. The third-order valence-corrected chi connectivity index (χ3v) is 3.36. The average Bonchev–Trinajstić information content (AvgIpc) is 2.71. The minimum atomic E-state index is -1.00. The second-order valence-electron chi connectivity index (χ2n) is 5.66. The largest absolute Gasteiger partial charge is 0.387 e. The lowest BCUT2D eigenvalue weighted by molar-refractivity contribution is -0.140. The molecule has 108 valence electrons. The Morgan fingerprint density at radius 3 is 2.25 bits per heavy atom. The van der Waals surface area contributed by atoms with Crippen molar-refractivity contribution in [2.75, 3.05) is 6.54 Å². The first kappa shape index (κ1) is 14.5. The summed E-state index contributed by atoms with van der Waals surface area (Å²) in [6.07, 6.45) is 0.991. The van der Waals surface area contributed by atoms with Crippen LogP contribution in [0.3, 0.4) is 0 Å². The molecule has 0 saturated carbocycles. The van der Waals surface area contributed by atoms with Crippen LogP contribution in [0.15, 0.2) is 24.3 Å². The van der Waals surface area contributed by atoms with Crippen molar-refractivity contribution in [3.63, 3.8) is 0 Å². The van der Waals surface area contributed by atoms with Crippen LogP contribution >= 0.6 is 0 Å². The zero-order valence-corrected chi connectivity index (χ0v) is 11.8. The summed E-state index contributed by atoms with van der Waals surface area (Å²) in [6, 6.07) is 7.71. The fourth-order valence-electron chi connectivity index (χ4n) is 2.45. The lowest BCUT2D eigenvalue weighted by atomic mass is 10.0. The predicted octanol–water partition coefficient (Wildman–Crippen LogP) is 0.157. The molecular weight excluding hydrogens is 256 g/mol. The van der Waals surface area contributed by atoms with Gasteiger partial charge in [-0.2, -0.15) is 0 Å². The number of rotatable bonds is 3. The number of nitrogens with one attached hydrogen (secondary N) is 2. The van der Waals surface area contributed by atoms with Gasteiger partial charge in [-0.05, 0) is 25.0 Å². The van der Waals surface area contributed by atoms with E-state index in [2.05, 4.69) is 10.6 Å². The monoisotopic (exact) mass is 276 g/mol. The molecule has 3 N–H and O–H groups in total. The van der Waals surface area contributed by atoms with Gasteiger partial charge in [-0.25, -0.2) is 0 Å². The summed E-state index contributed by atoms with van der Waals surface area (Å²) in [6.45, 7) is 3.64. The molecule has 0 heterocycles. The minimum absolute atomic E-state index is 0.0754. The Morgan fingerprint density at radius 1 is 1.20 bits per heavy atom. The van der Waals surface area contributed by atoms with Gasteiger partial charge in [0.15, 0.2) is 0 Å². The molecule has 5 nitrogen and oxygen atoms in total. The molecule has 1 aromatic carbocycles. The van der Waals surface area contributed by atoms with Crippen molar-refractivity contribution in [2.24, 2.45) is 0 Å². The number of hydrogen-bond acceptors (Lipinski definition) is 3. The molecule has 0 fully saturated rings. The summed E-state index contributed by atoms with van der Waals surface area (Å²) >= 11 is 0. The Kier molecular flexibility index (Phi) is 4.09. The summed E-state index contributed by atoms with van der Waals surface area (Å²) in [5, 5.41) is 15.5. The van der Waals surface area contributed by atoms with Crippen molar-refractivity contribution in [2.45, 2.75) is 38.3 Å². The van der Waals surface area contributed by atoms with Crippen LogP contribution < -0.4 is 10.6 Å². The van der Waals surface area contributed by atoms with E-state index < -0.39 is 17.4 Å². The van der Waals surface area contributed by atoms with E-state index in [1.165, 1.54) is 0 Å². The summed E-state index contributed by atoms with van der Waals surface area (Å²) in [5.74, 6) is -1.37. The first-order chi connectivity index (χ1) is 9.39. The van der Waals surface area contributed by atoms with Gasteiger partial charge in [0, 0.05) is 25.4 Å². The molecule has 0 saturated heterocycles. The zero-order chi connectivity index (χ0) is 14.8. The average molecular weight is 276 g/mol. The number of carbonyl (C=O) groups is 2. The maximum atomic E-state index is 11.6. The highest BCUT2D eigenvalue weighted by molar-refractivity contribution is 6.35. The third kappa shape index (κ3) is 3.36. The van der Waals surface area contributed by atoms with Crippen molar-refractivity contribution in [3.05, 3.63) is 35.4 Å². The van der Waals surface area contributed by atoms with E-state index in [1.54, 1.807) is 13.8 Å². The molecule has 0 unspecified atom stereocenters. The Labute approximate surface area is 118 Å². The molecule has 0 atom stereocenters. The van der Waals surface area contributed by atoms with Crippen LogP contribution in [0.2, 0.25) is 0 Å². The van der Waals surface area contributed by atoms with Gasteiger partial charge in [0.1, 0.15) is 0 Å². The molecule has 0 aliphatic heterocycles. The molecule has 1 aromatic rings. The van der Waals surface area contributed by atoms with Gasteiger partial charge in [0.25, 0.3) is 0 Å². The fourth-order valence-corrected chi connectivity index (χ4v) is 2.45. The van der Waals surface area contributed by atoms with Gasteiger partial charge in [-0.15, -0.1) is 0 Å². The van der Waals surface area contributed by atoms with Gasteiger partial charge in [0.05, 0.1) is 5.60 Å². The number of benzene rings is 1. The van der Waals surface area contributed by atoms with Crippen molar-refractivity contribution in [1.29, 1.82) is 0 Å². The molecular formula is C15H20N2O3. The van der Waals surface area contributed by atoms with Crippen LogP contribution in [0.4, 0.5) is 0 Å². The highest BCUT2D eigenvalue weighted by atomic mass is 16.3. The number of fused-ring (bicyclic) bond motifs is 1. The van der Waals surface area contributed by atoms with Gasteiger partial charge in [-0.1, -0.05) is 24.3 Å². The Hall–Kier alpha value is -1.88. The number of carbonyl (C=O) groups excluding carboxylic acids is 2. The second-order valence-corrected chi connectivity index (χ2v) is 5.66. The van der Waals surface area contributed by atoms with Crippen LogP contribution in [0.25, 0.3) is 0 Å². The first-order valence-corrected chi connectivity index (χ1v) is 6.77. The maximum absolute atomic E-state index is 11.6. The maximum Gasteiger partial charge on any atom is 0.309 e. The van der Waals surface area contributed by atoms with Crippen LogP contribution in [0.1, 0.15) is 25.0 Å². The molecule has 20 heavy (non-hydrogen) atoms. The van der Waals surface area contributed by atoms with Gasteiger partial charge in [0.2, 0.25) is 0 Å². The Balaban J connectivity index is 1.89. The topological polar surface area (TPSA) is 78.4 Å². The summed E-state index contributed by atoms with van der Waals surface area (Å²) < 4.78 is 0. The molecule has 5 heteroatoms.